The van der Waals surface area contributed by atoms with Crippen LogP contribution in [-0.4, -0.2) is 23.9 Å². The fourth-order valence-electron chi connectivity index (χ4n) is 2.16. The van der Waals surface area contributed by atoms with E-state index in [1.54, 1.807) is 16.2 Å². The van der Waals surface area contributed by atoms with Gasteiger partial charge < -0.3 is 4.90 Å². The Hall–Kier alpha value is -1.34. The van der Waals surface area contributed by atoms with Gasteiger partial charge in [-0.25, -0.2) is 0 Å². The molecule has 17 heavy (non-hydrogen) atoms. The van der Waals surface area contributed by atoms with Crippen LogP contribution in [0.2, 0.25) is 0 Å². The highest BCUT2D eigenvalue weighted by molar-refractivity contribution is 7.14. The summed E-state index contributed by atoms with van der Waals surface area (Å²) < 4.78 is 0. The highest BCUT2D eigenvalue weighted by Gasteiger charge is 2.20. The Bertz CT molecular complexity index is 435. The lowest BCUT2D eigenvalue weighted by Crippen LogP contribution is -2.30. The minimum absolute atomic E-state index is 0.00782. The van der Waals surface area contributed by atoms with Gasteiger partial charge in [0, 0.05) is 11.4 Å². The fourth-order valence-corrected chi connectivity index (χ4v) is 3.39. The van der Waals surface area contributed by atoms with Gasteiger partial charge in [-0.2, -0.15) is 5.26 Å². The summed E-state index contributed by atoms with van der Waals surface area (Å²) in [5, 5.41) is 8.69. The van der Waals surface area contributed by atoms with Crippen molar-refractivity contribution in [3.8, 4) is 6.07 Å². The number of thiophene rings is 1. The summed E-state index contributed by atoms with van der Waals surface area (Å²) in [6, 6.07) is 4.07. The van der Waals surface area contributed by atoms with Crippen LogP contribution in [0, 0.1) is 11.3 Å². The van der Waals surface area contributed by atoms with Crippen molar-refractivity contribution in [2.75, 3.05) is 13.1 Å². The fraction of sp³-hybridized carbons (Fsp3) is 0.538. The molecule has 0 radical (unpaired) electrons. The van der Waals surface area contributed by atoms with Crippen molar-refractivity contribution >= 4 is 17.2 Å². The van der Waals surface area contributed by atoms with Gasteiger partial charge in [0.15, 0.2) is 0 Å². The molecule has 3 nitrogen and oxygen atoms in total. The first-order valence-electron chi connectivity index (χ1n) is 6.04. The largest absolute Gasteiger partial charge is 0.325 e. The molecule has 1 aliphatic rings. The van der Waals surface area contributed by atoms with Gasteiger partial charge in [-0.3, -0.25) is 4.79 Å². The van der Waals surface area contributed by atoms with Gasteiger partial charge in [-0.1, -0.05) is 0 Å². The molecule has 0 aliphatic heterocycles. The Kier molecular flexibility index (Phi) is 3.80. The van der Waals surface area contributed by atoms with Crippen molar-refractivity contribution in [3.63, 3.8) is 0 Å². The zero-order valence-corrected chi connectivity index (χ0v) is 10.8. The molecule has 1 aliphatic carbocycles. The standard InChI is InChI=1S/C13H16N2OS/c1-2-15(8-7-14)13(16)12-9-10-5-3-4-6-11(10)17-12/h9H,2-6,8H2,1H3. The number of carbonyl (C=O) groups excluding carboxylic acids is 1. The van der Waals surface area contributed by atoms with E-state index < -0.39 is 0 Å². The van der Waals surface area contributed by atoms with Crippen molar-refractivity contribution in [1.82, 2.24) is 4.90 Å². The second-order valence-electron chi connectivity index (χ2n) is 4.24. The van der Waals surface area contributed by atoms with Crippen LogP contribution >= 0.6 is 11.3 Å². The summed E-state index contributed by atoms with van der Waals surface area (Å²) >= 11 is 1.61. The number of hydrogen-bond acceptors (Lipinski definition) is 3. The van der Waals surface area contributed by atoms with Crippen LogP contribution in [0.4, 0.5) is 0 Å². The van der Waals surface area contributed by atoms with E-state index in [1.165, 1.54) is 23.3 Å². The number of aryl methyl sites for hydroxylation is 2. The predicted molar refractivity (Wildman–Crippen MR) is 68.2 cm³/mol. The number of fused-ring (bicyclic) bond motifs is 1. The molecule has 1 amide bonds. The third-order valence-electron chi connectivity index (χ3n) is 3.14. The van der Waals surface area contributed by atoms with E-state index in [1.807, 2.05) is 19.1 Å². The Morgan fingerprint density at radius 3 is 2.94 bits per heavy atom. The summed E-state index contributed by atoms with van der Waals surface area (Å²) in [7, 11) is 0. The van der Waals surface area contributed by atoms with Gasteiger partial charge in [0.1, 0.15) is 6.54 Å². The van der Waals surface area contributed by atoms with E-state index in [4.69, 9.17) is 5.26 Å². The number of carbonyl (C=O) groups is 1. The van der Waals surface area contributed by atoms with Gasteiger partial charge in [0.2, 0.25) is 0 Å². The summed E-state index contributed by atoms with van der Waals surface area (Å²) in [4.78, 5) is 15.9. The summed E-state index contributed by atoms with van der Waals surface area (Å²) in [6.07, 6.45) is 4.67. The van der Waals surface area contributed by atoms with E-state index in [-0.39, 0.29) is 12.5 Å². The van der Waals surface area contributed by atoms with Gasteiger partial charge >= 0.3 is 0 Å². The van der Waals surface area contributed by atoms with Crippen LogP contribution in [0.15, 0.2) is 6.07 Å². The topological polar surface area (TPSA) is 44.1 Å². The molecular weight excluding hydrogens is 232 g/mol. The molecule has 1 aromatic rings. The second kappa shape index (κ2) is 5.33. The first-order valence-corrected chi connectivity index (χ1v) is 6.85. The highest BCUT2D eigenvalue weighted by atomic mass is 32.1. The van der Waals surface area contributed by atoms with Gasteiger partial charge in [-0.15, -0.1) is 11.3 Å². The van der Waals surface area contributed by atoms with Crippen molar-refractivity contribution in [2.45, 2.75) is 32.6 Å². The van der Waals surface area contributed by atoms with E-state index in [9.17, 15) is 4.79 Å². The molecule has 2 rings (SSSR count). The monoisotopic (exact) mass is 248 g/mol. The van der Waals surface area contributed by atoms with Crippen LogP contribution in [0.3, 0.4) is 0 Å². The van der Waals surface area contributed by atoms with Crippen molar-refractivity contribution in [1.29, 1.82) is 5.26 Å². The molecule has 0 aromatic carbocycles. The van der Waals surface area contributed by atoms with Crippen LogP contribution in [0.5, 0.6) is 0 Å². The molecule has 0 saturated carbocycles. The molecule has 1 aromatic heterocycles. The van der Waals surface area contributed by atoms with Crippen LogP contribution in [0.1, 0.15) is 39.9 Å². The Morgan fingerprint density at radius 1 is 1.53 bits per heavy atom. The number of nitriles is 1. The van der Waals surface area contributed by atoms with E-state index in [0.29, 0.717) is 6.54 Å². The number of hydrogen-bond donors (Lipinski definition) is 0. The molecule has 0 atom stereocenters. The number of amides is 1. The predicted octanol–water partition coefficient (Wildman–Crippen LogP) is 2.61. The lowest BCUT2D eigenvalue weighted by molar-refractivity contribution is 0.0789. The molecule has 0 fully saturated rings. The Balaban J connectivity index is 2.19. The quantitative estimate of drug-likeness (QED) is 0.772. The van der Waals surface area contributed by atoms with Crippen LogP contribution < -0.4 is 0 Å². The summed E-state index contributed by atoms with van der Waals surface area (Å²) in [5.41, 5.74) is 1.35. The van der Waals surface area contributed by atoms with Crippen LogP contribution in [-0.2, 0) is 12.8 Å². The number of nitrogens with zero attached hydrogens (tertiary/aromatic N) is 2. The molecular formula is C13H16N2OS. The number of rotatable bonds is 3. The molecule has 0 unspecified atom stereocenters. The SMILES string of the molecule is CCN(CC#N)C(=O)c1cc2c(s1)CCCC2. The normalized spacial score (nSPS) is 13.9. The maximum Gasteiger partial charge on any atom is 0.264 e. The smallest absolute Gasteiger partial charge is 0.264 e. The lowest BCUT2D eigenvalue weighted by atomic mass is 9.99. The first-order chi connectivity index (χ1) is 8.26. The second-order valence-corrected chi connectivity index (χ2v) is 5.38. The van der Waals surface area contributed by atoms with E-state index in [0.717, 1.165) is 17.7 Å². The van der Waals surface area contributed by atoms with Crippen LogP contribution in [0.25, 0.3) is 0 Å². The van der Waals surface area contributed by atoms with Gasteiger partial charge in [-0.05, 0) is 44.2 Å². The molecule has 0 bridgehead atoms. The van der Waals surface area contributed by atoms with E-state index in [2.05, 4.69) is 0 Å². The molecule has 0 N–H and O–H groups in total. The van der Waals surface area contributed by atoms with Crippen molar-refractivity contribution < 1.29 is 4.79 Å². The third-order valence-corrected chi connectivity index (χ3v) is 4.36. The zero-order valence-electron chi connectivity index (χ0n) is 10.0. The summed E-state index contributed by atoms with van der Waals surface area (Å²) in [5.74, 6) is 0.00782. The highest BCUT2D eigenvalue weighted by Crippen LogP contribution is 2.30. The van der Waals surface area contributed by atoms with Crippen molar-refractivity contribution in [3.05, 3.63) is 21.4 Å². The zero-order chi connectivity index (χ0) is 12.3. The minimum Gasteiger partial charge on any atom is -0.325 e. The Morgan fingerprint density at radius 2 is 2.29 bits per heavy atom. The molecule has 0 spiro atoms. The lowest BCUT2D eigenvalue weighted by Gasteiger charge is -2.15. The average Bonchev–Trinajstić information content (AvgIpc) is 2.78. The van der Waals surface area contributed by atoms with Crippen molar-refractivity contribution in [2.24, 2.45) is 0 Å². The third kappa shape index (κ3) is 2.50. The Labute approximate surface area is 106 Å². The molecule has 90 valence electrons. The molecule has 0 saturated heterocycles. The van der Waals surface area contributed by atoms with Gasteiger partial charge in [0.25, 0.3) is 5.91 Å². The molecule has 1 heterocycles. The maximum atomic E-state index is 12.2. The average molecular weight is 248 g/mol. The molecule has 4 heteroatoms. The maximum absolute atomic E-state index is 12.2. The van der Waals surface area contributed by atoms with Gasteiger partial charge in [0.05, 0.1) is 10.9 Å². The summed E-state index contributed by atoms with van der Waals surface area (Å²) in [6.45, 7) is 2.68. The minimum atomic E-state index is 0.00782. The van der Waals surface area contributed by atoms with E-state index >= 15 is 0 Å². The first kappa shape index (κ1) is 12.1.